The number of hydrogen-bond acceptors (Lipinski definition) is 6. The third-order valence-corrected chi connectivity index (χ3v) is 5.87. The van der Waals surface area contributed by atoms with Gasteiger partial charge in [-0.3, -0.25) is 14.7 Å². The van der Waals surface area contributed by atoms with Gasteiger partial charge in [-0.25, -0.2) is 4.98 Å². The van der Waals surface area contributed by atoms with E-state index in [-0.39, 0.29) is 11.0 Å². The minimum absolute atomic E-state index is 0.0284. The van der Waals surface area contributed by atoms with E-state index >= 15 is 0 Å². The molecule has 8 heteroatoms. The maximum Gasteiger partial charge on any atom is 0.216 e. The maximum atomic E-state index is 10.5. The van der Waals surface area contributed by atoms with E-state index in [1.807, 2.05) is 31.9 Å². The largest absolute Gasteiger partial charge is 0.356 e. The SMILES string of the molecule is CC(C)(C)OC(O)N1CCC2(CCn3nc(-c4cnc5[nH]ncc5c4)cc32)C1. The van der Waals surface area contributed by atoms with Gasteiger partial charge in [0.05, 0.1) is 17.5 Å². The van der Waals surface area contributed by atoms with E-state index in [0.29, 0.717) is 0 Å². The normalized spacial score (nSPS) is 23.7. The summed E-state index contributed by atoms with van der Waals surface area (Å²) < 4.78 is 7.88. The number of H-pyrrole nitrogens is 1. The van der Waals surface area contributed by atoms with Gasteiger partial charge in [-0.1, -0.05) is 0 Å². The fourth-order valence-electron chi connectivity index (χ4n) is 4.48. The summed E-state index contributed by atoms with van der Waals surface area (Å²) in [6, 6.07) is 4.26. The van der Waals surface area contributed by atoms with Gasteiger partial charge in [-0.05, 0) is 45.7 Å². The summed E-state index contributed by atoms with van der Waals surface area (Å²) in [7, 11) is 0. The Balaban J connectivity index is 1.41. The average molecular weight is 382 g/mol. The van der Waals surface area contributed by atoms with E-state index in [1.54, 1.807) is 6.20 Å². The van der Waals surface area contributed by atoms with Crippen molar-refractivity contribution >= 4 is 11.0 Å². The molecule has 1 spiro atoms. The molecule has 3 aromatic rings. The molecule has 8 nitrogen and oxygen atoms in total. The third kappa shape index (κ3) is 2.92. The Morgan fingerprint density at radius 1 is 1.21 bits per heavy atom. The molecule has 0 amide bonds. The van der Waals surface area contributed by atoms with Gasteiger partial charge in [0.25, 0.3) is 0 Å². The molecule has 2 aliphatic heterocycles. The number of pyridine rings is 1. The molecular formula is C20H26N6O2. The Hall–Kier alpha value is -2.29. The number of aliphatic hydroxyl groups excluding tert-OH is 1. The zero-order valence-electron chi connectivity index (χ0n) is 16.5. The molecule has 5 rings (SSSR count). The van der Waals surface area contributed by atoms with Crippen molar-refractivity contribution in [3.8, 4) is 11.3 Å². The van der Waals surface area contributed by atoms with Crippen LogP contribution in [0.3, 0.4) is 0 Å². The van der Waals surface area contributed by atoms with Crippen molar-refractivity contribution in [2.75, 3.05) is 13.1 Å². The molecule has 2 N–H and O–H groups in total. The second kappa shape index (κ2) is 6.10. The Bertz CT molecular complexity index is 1020. The lowest BCUT2D eigenvalue weighted by Crippen LogP contribution is -2.42. The van der Waals surface area contributed by atoms with Crippen molar-refractivity contribution < 1.29 is 9.84 Å². The van der Waals surface area contributed by atoms with Gasteiger partial charge in [0.15, 0.2) is 5.65 Å². The quantitative estimate of drug-likeness (QED) is 0.675. The molecular weight excluding hydrogens is 356 g/mol. The van der Waals surface area contributed by atoms with Gasteiger partial charge >= 0.3 is 0 Å². The van der Waals surface area contributed by atoms with Gasteiger partial charge in [0.2, 0.25) is 6.41 Å². The second-order valence-corrected chi connectivity index (χ2v) is 8.98. The molecule has 28 heavy (non-hydrogen) atoms. The summed E-state index contributed by atoms with van der Waals surface area (Å²) in [5, 5.41) is 23.2. The third-order valence-electron chi connectivity index (χ3n) is 5.87. The number of fused-ring (bicyclic) bond motifs is 3. The zero-order chi connectivity index (χ0) is 19.5. The standard InChI is InChI=1S/C20H26N6O2/c1-19(2,3)28-18(27)25-6-4-20(12-25)5-7-26-16(20)9-15(24-26)13-8-14-11-22-23-17(14)21-10-13/h8-11,18,27H,4-7,12H2,1-3H3,(H,21,22,23). The summed E-state index contributed by atoms with van der Waals surface area (Å²) in [5.74, 6) is 0. The highest BCUT2D eigenvalue weighted by Crippen LogP contribution is 2.44. The number of ether oxygens (including phenoxy) is 1. The first kappa shape index (κ1) is 17.8. The lowest BCUT2D eigenvalue weighted by Gasteiger charge is -2.31. The summed E-state index contributed by atoms with van der Waals surface area (Å²) in [6.45, 7) is 8.40. The fraction of sp³-hybridized carbons (Fsp3) is 0.550. The van der Waals surface area contributed by atoms with E-state index in [4.69, 9.17) is 9.84 Å². The van der Waals surface area contributed by atoms with Crippen molar-refractivity contribution in [3.63, 3.8) is 0 Å². The zero-order valence-corrected chi connectivity index (χ0v) is 16.5. The van der Waals surface area contributed by atoms with Gasteiger partial charge in [-0.15, -0.1) is 0 Å². The molecule has 0 aromatic carbocycles. The number of nitrogens with one attached hydrogen (secondary N) is 1. The van der Waals surface area contributed by atoms with Crippen LogP contribution in [-0.4, -0.2) is 60.1 Å². The van der Waals surface area contributed by atoms with E-state index in [2.05, 4.69) is 32.0 Å². The Morgan fingerprint density at radius 3 is 2.86 bits per heavy atom. The lowest BCUT2D eigenvalue weighted by molar-refractivity contribution is -0.234. The average Bonchev–Trinajstić information content (AvgIpc) is 3.38. The molecule has 0 aliphatic carbocycles. The summed E-state index contributed by atoms with van der Waals surface area (Å²) in [6.07, 6.45) is 4.80. The van der Waals surface area contributed by atoms with Crippen LogP contribution in [0.25, 0.3) is 22.3 Å². The number of hydrogen-bond donors (Lipinski definition) is 2. The Labute approximate surface area is 163 Å². The summed E-state index contributed by atoms with van der Waals surface area (Å²) in [5.41, 5.74) is 3.62. The van der Waals surface area contributed by atoms with Crippen molar-refractivity contribution in [3.05, 3.63) is 30.2 Å². The predicted octanol–water partition coefficient (Wildman–Crippen LogP) is 2.26. The molecule has 148 valence electrons. The molecule has 2 atom stereocenters. The van der Waals surface area contributed by atoms with Crippen LogP contribution in [0.15, 0.2) is 24.5 Å². The van der Waals surface area contributed by atoms with Crippen LogP contribution in [0.4, 0.5) is 0 Å². The van der Waals surface area contributed by atoms with Crippen LogP contribution in [0.2, 0.25) is 0 Å². The second-order valence-electron chi connectivity index (χ2n) is 8.98. The lowest BCUT2D eigenvalue weighted by atomic mass is 9.82. The molecule has 1 saturated heterocycles. The van der Waals surface area contributed by atoms with Crippen molar-refractivity contribution in [1.82, 2.24) is 29.9 Å². The predicted molar refractivity (Wildman–Crippen MR) is 104 cm³/mol. The van der Waals surface area contributed by atoms with Crippen LogP contribution in [-0.2, 0) is 16.7 Å². The molecule has 1 fully saturated rings. The van der Waals surface area contributed by atoms with E-state index in [0.717, 1.165) is 54.8 Å². The topological polar surface area (TPSA) is 92.1 Å². The van der Waals surface area contributed by atoms with E-state index in [9.17, 15) is 5.11 Å². The monoisotopic (exact) mass is 382 g/mol. The first-order valence-corrected chi connectivity index (χ1v) is 9.81. The van der Waals surface area contributed by atoms with Crippen LogP contribution >= 0.6 is 0 Å². The van der Waals surface area contributed by atoms with Crippen LogP contribution in [0.1, 0.15) is 39.3 Å². The number of aryl methyl sites for hydroxylation is 1. The first-order chi connectivity index (χ1) is 13.3. The van der Waals surface area contributed by atoms with Crippen molar-refractivity contribution in [2.45, 2.75) is 57.6 Å². The highest BCUT2D eigenvalue weighted by Gasteiger charge is 2.47. The van der Waals surface area contributed by atoms with Crippen LogP contribution in [0.5, 0.6) is 0 Å². The molecule has 5 heterocycles. The van der Waals surface area contributed by atoms with Gasteiger partial charge < -0.3 is 9.84 Å². The highest BCUT2D eigenvalue weighted by atomic mass is 16.6. The van der Waals surface area contributed by atoms with Gasteiger partial charge in [0.1, 0.15) is 0 Å². The van der Waals surface area contributed by atoms with Crippen molar-refractivity contribution in [2.24, 2.45) is 0 Å². The number of aromatic amines is 1. The van der Waals surface area contributed by atoms with Crippen LogP contribution < -0.4 is 0 Å². The Morgan fingerprint density at radius 2 is 2.04 bits per heavy atom. The molecule has 0 saturated carbocycles. The number of nitrogens with zero attached hydrogens (tertiary/aromatic N) is 5. The molecule has 3 aromatic heterocycles. The molecule has 2 aliphatic rings. The Kier molecular flexibility index (Phi) is 3.88. The number of aromatic nitrogens is 5. The van der Waals surface area contributed by atoms with Gasteiger partial charge in [0, 0.05) is 47.9 Å². The molecule has 0 radical (unpaired) electrons. The summed E-state index contributed by atoms with van der Waals surface area (Å²) in [4.78, 5) is 6.47. The van der Waals surface area contributed by atoms with E-state index < -0.39 is 6.41 Å². The molecule has 2 unspecified atom stereocenters. The number of aliphatic hydroxyl groups is 1. The minimum atomic E-state index is -0.872. The minimum Gasteiger partial charge on any atom is -0.356 e. The number of likely N-dealkylation sites (tertiary alicyclic amines) is 1. The highest BCUT2D eigenvalue weighted by molar-refractivity contribution is 5.79. The maximum absolute atomic E-state index is 10.5. The summed E-state index contributed by atoms with van der Waals surface area (Å²) >= 11 is 0. The smallest absolute Gasteiger partial charge is 0.216 e. The molecule has 0 bridgehead atoms. The van der Waals surface area contributed by atoms with E-state index in [1.165, 1.54) is 5.69 Å². The van der Waals surface area contributed by atoms with Gasteiger partial charge in [-0.2, -0.15) is 10.2 Å². The van der Waals surface area contributed by atoms with Crippen molar-refractivity contribution in [1.29, 1.82) is 0 Å². The first-order valence-electron chi connectivity index (χ1n) is 9.81. The van der Waals surface area contributed by atoms with Crippen LogP contribution in [0, 0.1) is 0 Å². The fourth-order valence-corrected chi connectivity index (χ4v) is 4.48. The number of rotatable bonds is 3.